The summed E-state index contributed by atoms with van der Waals surface area (Å²) in [7, 11) is -1.20. The molecular weight excluding hydrogens is 294 g/mol. The van der Waals surface area contributed by atoms with E-state index in [9.17, 15) is 13.2 Å². The van der Waals surface area contributed by atoms with Crippen LogP contribution in [0.4, 0.5) is 4.79 Å². The summed E-state index contributed by atoms with van der Waals surface area (Å²) in [5.74, 6) is 0.353. The zero-order valence-electron chi connectivity index (χ0n) is 13.2. The summed E-state index contributed by atoms with van der Waals surface area (Å²) in [5, 5.41) is 0. The van der Waals surface area contributed by atoms with Gasteiger partial charge in [-0.25, -0.2) is 13.2 Å². The molecule has 1 spiro atoms. The maximum absolute atomic E-state index is 12.1. The summed E-state index contributed by atoms with van der Waals surface area (Å²) in [6.45, 7) is 5.93. The molecule has 2 rings (SSSR count). The monoisotopic (exact) mass is 319 g/mol. The molecule has 0 aliphatic carbocycles. The maximum atomic E-state index is 12.1. The first-order valence-electron chi connectivity index (χ1n) is 7.32. The van der Waals surface area contributed by atoms with Gasteiger partial charge in [-0.2, -0.15) is 0 Å². The molecule has 2 heterocycles. The molecule has 0 bridgehead atoms. The van der Waals surface area contributed by atoms with Gasteiger partial charge in [0.2, 0.25) is 0 Å². The number of nitrogens with zero attached hydrogens (tertiary/aromatic N) is 1. The second kappa shape index (κ2) is 5.43. The number of carbonyl (C=O) groups excluding carboxylic acids is 1. The second-order valence-electron chi connectivity index (χ2n) is 7.10. The molecular formula is C14H25NO5S. The number of rotatable bonds is 1. The number of amides is 1. The number of ether oxygens (including phenoxy) is 2. The molecule has 21 heavy (non-hydrogen) atoms. The van der Waals surface area contributed by atoms with Crippen molar-refractivity contribution in [2.75, 3.05) is 25.2 Å². The van der Waals surface area contributed by atoms with Crippen molar-refractivity contribution < 1.29 is 22.7 Å². The van der Waals surface area contributed by atoms with E-state index in [1.54, 1.807) is 11.9 Å². The quantitative estimate of drug-likeness (QED) is 0.734. The van der Waals surface area contributed by atoms with Gasteiger partial charge >= 0.3 is 6.09 Å². The Kier molecular flexibility index (Phi) is 4.28. The Morgan fingerprint density at radius 1 is 1.29 bits per heavy atom. The summed E-state index contributed by atoms with van der Waals surface area (Å²) in [6.07, 6.45) is 1.36. The van der Waals surface area contributed by atoms with E-state index in [2.05, 4.69) is 0 Å². The molecule has 0 aromatic carbocycles. The third-order valence-electron chi connectivity index (χ3n) is 4.16. The van der Waals surface area contributed by atoms with E-state index in [1.807, 2.05) is 20.8 Å². The molecule has 0 radical (unpaired) electrons. The van der Waals surface area contributed by atoms with E-state index in [1.165, 1.54) is 0 Å². The van der Waals surface area contributed by atoms with Crippen molar-refractivity contribution in [3.05, 3.63) is 0 Å². The summed E-state index contributed by atoms with van der Waals surface area (Å²) in [5.41, 5.74) is -0.909. The highest BCUT2D eigenvalue weighted by Crippen LogP contribution is 2.38. The van der Waals surface area contributed by atoms with Crippen LogP contribution in [0.2, 0.25) is 0 Å². The minimum absolute atomic E-state index is 0.0549. The highest BCUT2D eigenvalue weighted by molar-refractivity contribution is 7.91. The Labute approximate surface area is 126 Å². The average molecular weight is 319 g/mol. The molecule has 122 valence electrons. The van der Waals surface area contributed by atoms with E-state index in [-0.39, 0.29) is 29.2 Å². The van der Waals surface area contributed by atoms with Gasteiger partial charge in [0.15, 0.2) is 9.84 Å². The van der Waals surface area contributed by atoms with Crippen LogP contribution < -0.4 is 0 Å². The molecule has 0 unspecified atom stereocenters. The van der Waals surface area contributed by atoms with Crippen LogP contribution in [0.1, 0.15) is 40.0 Å². The molecule has 0 aromatic rings. The number of sulfone groups is 1. The zero-order valence-corrected chi connectivity index (χ0v) is 14.0. The third kappa shape index (κ3) is 4.10. The minimum atomic E-state index is -2.91. The molecule has 1 atom stereocenters. The fourth-order valence-corrected chi connectivity index (χ4v) is 4.38. The predicted octanol–water partition coefficient (Wildman–Crippen LogP) is 1.59. The Morgan fingerprint density at radius 2 is 1.86 bits per heavy atom. The van der Waals surface area contributed by atoms with E-state index in [0.717, 1.165) is 0 Å². The highest BCUT2D eigenvalue weighted by Gasteiger charge is 2.46. The van der Waals surface area contributed by atoms with Crippen LogP contribution in [0.25, 0.3) is 0 Å². The van der Waals surface area contributed by atoms with Gasteiger partial charge in [0.1, 0.15) is 5.60 Å². The molecule has 0 N–H and O–H groups in total. The lowest BCUT2D eigenvalue weighted by Gasteiger charge is -2.33. The largest absolute Gasteiger partial charge is 0.444 e. The van der Waals surface area contributed by atoms with Gasteiger partial charge in [-0.15, -0.1) is 0 Å². The first-order valence-corrected chi connectivity index (χ1v) is 9.14. The molecule has 2 fully saturated rings. The second-order valence-corrected chi connectivity index (χ2v) is 9.40. The van der Waals surface area contributed by atoms with Gasteiger partial charge in [0.05, 0.1) is 29.8 Å². The van der Waals surface area contributed by atoms with Crippen molar-refractivity contribution >= 4 is 15.9 Å². The molecule has 2 aliphatic rings. The lowest BCUT2D eigenvalue weighted by atomic mass is 9.91. The van der Waals surface area contributed by atoms with Crippen molar-refractivity contribution in [2.45, 2.75) is 57.3 Å². The van der Waals surface area contributed by atoms with Crippen molar-refractivity contribution in [2.24, 2.45) is 0 Å². The first kappa shape index (κ1) is 16.5. The lowest BCUT2D eigenvalue weighted by Crippen LogP contribution is -2.43. The third-order valence-corrected chi connectivity index (χ3v) is 5.81. The van der Waals surface area contributed by atoms with Gasteiger partial charge in [-0.1, -0.05) is 0 Å². The first-order chi connectivity index (χ1) is 9.52. The molecule has 7 heteroatoms. The van der Waals surface area contributed by atoms with Gasteiger partial charge in [0.25, 0.3) is 0 Å². The predicted molar refractivity (Wildman–Crippen MR) is 79.0 cm³/mol. The van der Waals surface area contributed by atoms with Crippen LogP contribution >= 0.6 is 0 Å². The van der Waals surface area contributed by atoms with Crippen molar-refractivity contribution in [1.29, 1.82) is 0 Å². The van der Waals surface area contributed by atoms with Crippen molar-refractivity contribution in [1.82, 2.24) is 4.90 Å². The number of hydrogen-bond acceptors (Lipinski definition) is 5. The Balaban J connectivity index is 1.95. The smallest absolute Gasteiger partial charge is 0.410 e. The Hall–Kier alpha value is -0.820. The topological polar surface area (TPSA) is 72.9 Å². The fraction of sp³-hybridized carbons (Fsp3) is 0.929. The Morgan fingerprint density at radius 3 is 2.38 bits per heavy atom. The minimum Gasteiger partial charge on any atom is -0.444 e. The number of carbonyl (C=O) groups is 1. The van der Waals surface area contributed by atoms with Crippen molar-refractivity contribution in [3.63, 3.8) is 0 Å². The standard InChI is InChI=1S/C14H25NO5S/c1-13(2,3)20-12(16)15(4)11-9-14(19-10-11)5-7-21(17,18)8-6-14/h11H,5-10H2,1-4H3/t11-/m1/s1. The molecule has 1 amide bonds. The summed E-state index contributed by atoms with van der Waals surface area (Å²) >= 11 is 0. The van der Waals surface area contributed by atoms with Crippen LogP contribution in [0.15, 0.2) is 0 Å². The molecule has 0 aromatic heterocycles. The zero-order chi connectivity index (χ0) is 15.9. The van der Waals surface area contributed by atoms with Crippen molar-refractivity contribution in [3.8, 4) is 0 Å². The van der Waals surface area contributed by atoms with Crippen LogP contribution in [-0.2, 0) is 19.3 Å². The summed E-state index contributed by atoms with van der Waals surface area (Å²) in [4.78, 5) is 13.6. The number of likely N-dealkylation sites (N-methyl/N-ethyl adjacent to an activating group) is 1. The van der Waals surface area contributed by atoms with Gasteiger partial charge in [-0.05, 0) is 40.0 Å². The van der Waals surface area contributed by atoms with E-state index < -0.39 is 15.4 Å². The van der Waals surface area contributed by atoms with Crippen LogP contribution in [0, 0.1) is 0 Å². The van der Waals surface area contributed by atoms with E-state index in [4.69, 9.17) is 9.47 Å². The summed E-state index contributed by atoms with van der Waals surface area (Å²) < 4.78 is 34.3. The normalized spacial score (nSPS) is 27.5. The SMILES string of the molecule is CN(C(=O)OC(C)(C)C)[C@H]1COC2(CCS(=O)(=O)CC2)C1. The Bertz CT molecular complexity index is 494. The molecule has 2 aliphatic heterocycles. The van der Waals surface area contributed by atoms with Crippen LogP contribution in [0.3, 0.4) is 0 Å². The summed E-state index contributed by atoms with van der Waals surface area (Å²) in [6, 6.07) is -0.0549. The highest BCUT2D eigenvalue weighted by atomic mass is 32.2. The fourth-order valence-electron chi connectivity index (χ4n) is 2.81. The molecule has 0 saturated carbocycles. The average Bonchev–Trinajstić information content (AvgIpc) is 2.75. The lowest BCUT2D eigenvalue weighted by molar-refractivity contribution is -0.00626. The van der Waals surface area contributed by atoms with E-state index in [0.29, 0.717) is 25.9 Å². The van der Waals surface area contributed by atoms with Gasteiger partial charge in [0, 0.05) is 7.05 Å². The van der Waals surface area contributed by atoms with Crippen LogP contribution in [0.5, 0.6) is 0 Å². The van der Waals surface area contributed by atoms with E-state index >= 15 is 0 Å². The number of hydrogen-bond donors (Lipinski definition) is 0. The van der Waals surface area contributed by atoms with Crippen LogP contribution in [-0.4, -0.2) is 61.8 Å². The van der Waals surface area contributed by atoms with Gasteiger partial charge in [-0.3, -0.25) is 0 Å². The molecule has 6 nitrogen and oxygen atoms in total. The van der Waals surface area contributed by atoms with Gasteiger partial charge < -0.3 is 14.4 Å². The maximum Gasteiger partial charge on any atom is 0.410 e. The molecule has 2 saturated heterocycles.